The lowest BCUT2D eigenvalue weighted by molar-refractivity contribution is -0.122. The van der Waals surface area contributed by atoms with Crippen LogP contribution in [0.1, 0.15) is 30.9 Å². The Balaban J connectivity index is 2.35. The Kier molecular flexibility index (Phi) is 4.02. The molecule has 0 aromatic heterocycles. The highest BCUT2D eigenvalue weighted by Gasteiger charge is 2.27. The Morgan fingerprint density at radius 2 is 2.28 bits per heavy atom. The molecule has 0 aliphatic carbocycles. The van der Waals surface area contributed by atoms with Crippen LogP contribution in [0.25, 0.3) is 0 Å². The molecule has 1 aromatic carbocycles. The van der Waals surface area contributed by atoms with Gasteiger partial charge in [0.15, 0.2) is 0 Å². The maximum atomic E-state index is 12.5. The molecular formula is C15H22N2O. The number of carbonyl (C=O) groups is 1. The number of nitrogens with two attached hydrogens (primary N) is 1. The van der Waals surface area contributed by atoms with Crippen LogP contribution in [-0.2, 0) is 11.2 Å². The monoisotopic (exact) mass is 246 g/mol. The third-order valence-electron chi connectivity index (χ3n) is 3.81. The smallest absolute Gasteiger partial charge is 0.231 e. The number of benzene rings is 1. The van der Waals surface area contributed by atoms with Crippen LogP contribution in [0.5, 0.6) is 0 Å². The van der Waals surface area contributed by atoms with Gasteiger partial charge in [0.2, 0.25) is 5.91 Å². The molecule has 2 N–H and O–H groups in total. The second-order valence-corrected chi connectivity index (χ2v) is 5.02. The number of aryl methyl sites for hydroxylation is 2. The van der Waals surface area contributed by atoms with E-state index in [1.54, 1.807) is 0 Å². The summed E-state index contributed by atoms with van der Waals surface area (Å²) >= 11 is 0. The summed E-state index contributed by atoms with van der Waals surface area (Å²) in [5.74, 6) is 0.144. The molecule has 3 nitrogen and oxygen atoms in total. The standard InChI is InChI=1S/C15H22N2O/c1-3-12(10-16)15(18)17-9-5-8-13-7-4-6-11(2)14(13)17/h4,6-7,12H,3,5,8-10,16H2,1-2H3. The summed E-state index contributed by atoms with van der Waals surface area (Å²) in [5, 5.41) is 0. The number of nitrogens with zero attached hydrogens (tertiary/aromatic N) is 1. The Bertz CT molecular complexity index is 438. The van der Waals surface area contributed by atoms with E-state index in [1.165, 1.54) is 11.1 Å². The molecule has 1 atom stereocenters. The Hall–Kier alpha value is -1.35. The SMILES string of the molecule is CCC(CN)C(=O)N1CCCc2cccc(C)c21. The maximum absolute atomic E-state index is 12.5. The Labute approximate surface area is 109 Å². The van der Waals surface area contributed by atoms with E-state index in [0.29, 0.717) is 6.54 Å². The molecule has 2 rings (SSSR count). The maximum Gasteiger partial charge on any atom is 0.231 e. The summed E-state index contributed by atoms with van der Waals surface area (Å²) in [4.78, 5) is 14.5. The lowest BCUT2D eigenvalue weighted by Crippen LogP contribution is -2.42. The van der Waals surface area contributed by atoms with Gasteiger partial charge in [-0.05, 0) is 37.3 Å². The number of carbonyl (C=O) groups excluding carboxylic acids is 1. The molecule has 0 fully saturated rings. The van der Waals surface area contributed by atoms with Crippen molar-refractivity contribution in [1.29, 1.82) is 0 Å². The number of para-hydroxylation sites is 1. The minimum absolute atomic E-state index is 0.0458. The van der Waals surface area contributed by atoms with Gasteiger partial charge in [0.1, 0.15) is 0 Å². The average molecular weight is 246 g/mol. The summed E-state index contributed by atoms with van der Waals surface area (Å²) in [6.45, 7) is 5.37. The molecule has 0 bridgehead atoms. The third-order valence-corrected chi connectivity index (χ3v) is 3.81. The van der Waals surface area contributed by atoms with Crippen LogP contribution in [0.4, 0.5) is 5.69 Å². The van der Waals surface area contributed by atoms with Crippen molar-refractivity contribution in [3.63, 3.8) is 0 Å². The van der Waals surface area contributed by atoms with Gasteiger partial charge < -0.3 is 10.6 Å². The first-order chi connectivity index (χ1) is 8.69. The number of fused-ring (bicyclic) bond motifs is 1. The van der Waals surface area contributed by atoms with Crippen LogP contribution < -0.4 is 10.6 Å². The number of anilines is 1. The summed E-state index contributed by atoms with van der Waals surface area (Å²) < 4.78 is 0. The molecule has 1 aromatic rings. The molecule has 0 saturated heterocycles. The van der Waals surface area contributed by atoms with Gasteiger partial charge in [-0.1, -0.05) is 25.1 Å². The van der Waals surface area contributed by atoms with E-state index >= 15 is 0 Å². The van der Waals surface area contributed by atoms with Gasteiger partial charge in [0, 0.05) is 18.8 Å². The molecule has 3 heteroatoms. The van der Waals surface area contributed by atoms with Crippen LogP contribution >= 0.6 is 0 Å². The van der Waals surface area contributed by atoms with Crippen LogP contribution in [0.2, 0.25) is 0 Å². The summed E-state index contributed by atoms with van der Waals surface area (Å²) in [7, 11) is 0. The first-order valence-electron chi connectivity index (χ1n) is 6.79. The normalized spacial score (nSPS) is 16.3. The van der Waals surface area contributed by atoms with Crippen molar-refractivity contribution < 1.29 is 4.79 Å². The summed E-state index contributed by atoms with van der Waals surface area (Å²) in [5.41, 5.74) is 9.31. The second kappa shape index (κ2) is 5.53. The van der Waals surface area contributed by atoms with Gasteiger partial charge in [0.05, 0.1) is 5.92 Å². The number of hydrogen-bond donors (Lipinski definition) is 1. The van der Waals surface area contributed by atoms with Crippen molar-refractivity contribution in [1.82, 2.24) is 0 Å². The van der Waals surface area contributed by atoms with Crippen molar-refractivity contribution in [2.75, 3.05) is 18.0 Å². The summed E-state index contributed by atoms with van der Waals surface area (Å²) in [6.07, 6.45) is 2.93. The number of hydrogen-bond acceptors (Lipinski definition) is 2. The van der Waals surface area contributed by atoms with Crippen LogP contribution in [-0.4, -0.2) is 19.0 Å². The Morgan fingerprint density at radius 1 is 1.50 bits per heavy atom. The average Bonchev–Trinajstić information content (AvgIpc) is 2.39. The van der Waals surface area contributed by atoms with Gasteiger partial charge in [-0.25, -0.2) is 0 Å². The Morgan fingerprint density at radius 3 is 2.94 bits per heavy atom. The van der Waals surface area contributed by atoms with Gasteiger partial charge in [-0.15, -0.1) is 0 Å². The van der Waals surface area contributed by atoms with E-state index in [1.807, 2.05) is 11.8 Å². The van der Waals surface area contributed by atoms with E-state index in [2.05, 4.69) is 25.1 Å². The number of amides is 1. The highest BCUT2D eigenvalue weighted by Crippen LogP contribution is 2.31. The second-order valence-electron chi connectivity index (χ2n) is 5.02. The molecule has 1 aliphatic rings. The molecule has 1 unspecified atom stereocenters. The van der Waals surface area contributed by atoms with Crippen molar-refractivity contribution in [2.24, 2.45) is 11.7 Å². The zero-order chi connectivity index (χ0) is 13.1. The van der Waals surface area contributed by atoms with Gasteiger partial charge in [-0.2, -0.15) is 0 Å². The van der Waals surface area contributed by atoms with Crippen molar-refractivity contribution in [2.45, 2.75) is 33.1 Å². The molecule has 18 heavy (non-hydrogen) atoms. The van der Waals surface area contributed by atoms with E-state index in [0.717, 1.165) is 31.5 Å². The van der Waals surface area contributed by atoms with Gasteiger partial charge in [-0.3, -0.25) is 4.79 Å². The fraction of sp³-hybridized carbons (Fsp3) is 0.533. The van der Waals surface area contributed by atoms with Crippen LogP contribution in [0.15, 0.2) is 18.2 Å². The fourth-order valence-electron chi connectivity index (χ4n) is 2.73. The molecule has 1 amide bonds. The largest absolute Gasteiger partial charge is 0.330 e. The molecule has 1 aliphatic heterocycles. The summed E-state index contributed by atoms with van der Waals surface area (Å²) in [6, 6.07) is 6.28. The zero-order valence-electron chi connectivity index (χ0n) is 11.3. The first kappa shape index (κ1) is 13.1. The lowest BCUT2D eigenvalue weighted by atomic mass is 9.96. The highest BCUT2D eigenvalue weighted by molar-refractivity contribution is 5.97. The molecule has 1 heterocycles. The van der Waals surface area contributed by atoms with Crippen molar-refractivity contribution in [3.8, 4) is 0 Å². The van der Waals surface area contributed by atoms with E-state index < -0.39 is 0 Å². The van der Waals surface area contributed by atoms with E-state index in [4.69, 9.17) is 5.73 Å². The van der Waals surface area contributed by atoms with Crippen LogP contribution in [0.3, 0.4) is 0 Å². The van der Waals surface area contributed by atoms with E-state index in [-0.39, 0.29) is 11.8 Å². The molecule has 98 valence electrons. The van der Waals surface area contributed by atoms with Crippen molar-refractivity contribution >= 4 is 11.6 Å². The quantitative estimate of drug-likeness (QED) is 0.889. The first-order valence-corrected chi connectivity index (χ1v) is 6.79. The zero-order valence-corrected chi connectivity index (χ0v) is 11.3. The highest BCUT2D eigenvalue weighted by atomic mass is 16.2. The minimum Gasteiger partial charge on any atom is -0.330 e. The molecule has 0 saturated carbocycles. The minimum atomic E-state index is -0.0458. The van der Waals surface area contributed by atoms with E-state index in [9.17, 15) is 4.79 Å². The molecule has 0 spiro atoms. The van der Waals surface area contributed by atoms with Crippen molar-refractivity contribution in [3.05, 3.63) is 29.3 Å². The van der Waals surface area contributed by atoms with Crippen LogP contribution in [0, 0.1) is 12.8 Å². The fourth-order valence-corrected chi connectivity index (χ4v) is 2.73. The topological polar surface area (TPSA) is 46.3 Å². The molecular weight excluding hydrogens is 224 g/mol. The van der Waals surface area contributed by atoms with Gasteiger partial charge in [0.25, 0.3) is 0 Å². The predicted octanol–water partition coefficient (Wildman–Crippen LogP) is 2.26. The number of rotatable bonds is 3. The lowest BCUT2D eigenvalue weighted by Gasteiger charge is -2.33. The van der Waals surface area contributed by atoms with Gasteiger partial charge >= 0.3 is 0 Å². The predicted molar refractivity (Wildman–Crippen MR) is 74.7 cm³/mol. The molecule has 0 radical (unpaired) electrons. The third kappa shape index (κ3) is 2.27.